The summed E-state index contributed by atoms with van der Waals surface area (Å²) in [4.78, 5) is 8.64. The third kappa shape index (κ3) is 6.62. The van der Waals surface area contributed by atoms with Gasteiger partial charge in [-0.25, -0.2) is 4.98 Å². The number of halogens is 1. The summed E-state index contributed by atoms with van der Waals surface area (Å²) in [6.07, 6.45) is 3.52. The molecule has 0 aliphatic heterocycles. The van der Waals surface area contributed by atoms with Crippen molar-refractivity contribution in [3.05, 3.63) is 29.0 Å². The van der Waals surface area contributed by atoms with Crippen LogP contribution in [0.4, 0.5) is 0 Å². The zero-order valence-electron chi connectivity index (χ0n) is 13.7. The second-order valence-corrected chi connectivity index (χ2v) is 6.07. The predicted molar refractivity (Wildman–Crippen MR) is 92.4 cm³/mol. The molecule has 0 saturated heterocycles. The Morgan fingerprint density at radius 2 is 2.14 bits per heavy atom. The lowest BCUT2D eigenvalue weighted by atomic mass is 9.89. The van der Waals surface area contributed by atoms with E-state index in [-0.39, 0.29) is 12.0 Å². The maximum absolute atomic E-state index is 9.45. The summed E-state index contributed by atoms with van der Waals surface area (Å²) >= 11 is 5.77. The van der Waals surface area contributed by atoms with Gasteiger partial charge in [0.15, 0.2) is 5.96 Å². The summed E-state index contributed by atoms with van der Waals surface area (Å²) in [5.74, 6) is 0.776. The molecule has 0 radical (unpaired) electrons. The van der Waals surface area contributed by atoms with Crippen molar-refractivity contribution in [1.29, 1.82) is 0 Å². The lowest BCUT2D eigenvalue weighted by molar-refractivity contribution is 0.145. The van der Waals surface area contributed by atoms with Crippen LogP contribution in [0.2, 0.25) is 5.15 Å². The Kier molecular flexibility index (Phi) is 8.20. The van der Waals surface area contributed by atoms with Gasteiger partial charge in [0.1, 0.15) is 5.15 Å². The molecule has 0 amide bonds. The van der Waals surface area contributed by atoms with Gasteiger partial charge in [-0.2, -0.15) is 0 Å². The summed E-state index contributed by atoms with van der Waals surface area (Å²) in [6, 6.07) is 3.77. The molecule has 0 aromatic carbocycles. The molecule has 22 heavy (non-hydrogen) atoms. The number of guanidine groups is 1. The zero-order chi connectivity index (χ0) is 16.4. The Bertz CT molecular complexity index is 458. The van der Waals surface area contributed by atoms with Gasteiger partial charge < -0.3 is 15.7 Å². The van der Waals surface area contributed by atoms with Crippen LogP contribution in [-0.2, 0) is 6.42 Å². The maximum atomic E-state index is 9.45. The minimum absolute atomic E-state index is 0.142. The first-order chi connectivity index (χ1) is 10.5. The first kappa shape index (κ1) is 18.7. The largest absolute Gasteiger partial charge is 0.396 e. The Morgan fingerprint density at radius 3 is 2.68 bits per heavy atom. The topological polar surface area (TPSA) is 69.5 Å². The first-order valence-corrected chi connectivity index (χ1v) is 8.14. The number of aliphatic hydroxyl groups is 1. The van der Waals surface area contributed by atoms with Crippen LogP contribution in [-0.4, -0.2) is 42.3 Å². The Balaban J connectivity index is 2.51. The van der Waals surface area contributed by atoms with Gasteiger partial charge in [0.2, 0.25) is 0 Å². The van der Waals surface area contributed by atoms with Gasteiger partial charge in [-0.15, -0.1) is 0 Å². The zero-order valence-corrected chi connectivity index (χ0v) is 14.5. The van der Waals surface area contributed by atoms with Gasteiger partial charge >= 0.3 is 0 Å². The van der Waals surface area contributed by atoms with E-state index in [4.69, 9.17) is 11.6 Å². The van der Waals surface area contributed by atoms with Crippen LogP contribution in [0.5, 0.6) is 0 Å². The molecule has 1 rings (SSSR count). The molecule has 0 aliphatic rings. The van der Waals surface area contributed by atoms with Gasteiger partial charge in [-0.05, 0) is 31.4 Å². The van der Waals surface area contributed by atoms with Crippen LogP contribution in [0.3, 0.4) is 0 Å². The van der Waals surface area contributed by atoms with Crippen molar-refractivity contribution in [1.82, 2.24) is 15.6 Å². The van der Waals surface area contributed by atoms with Crippen LogP contribution in [0, 0.1) is 5.41 Å². The molecule has 6 heteroatoms. The highest BCUT2D eigenvalue weighted by Crippen LogP contribution is 2.19. The van der Waals surface area contributed by atoms with E-state index in [1.807, 2.05) is 19.9 Å². The van der Waals surface area contributed by atoms with Gasteiger partial charge in [-0.3, -0.25) is 4.99 Å². The number of aliphatic hydroxyl groups excluding tert-OH is 1. The number of aromatic nitrogens is 1. The highest BCUT2D eigenvalue weighted by atomic mass is 35.5. The second kappa shape index (κ2) is 9.64. The van der Waals surface area contributed by atoms with Crippen molar-refractivity contribution in [3.63, 3.8) is 0 Å². The third-order valence-electron chi connectivity index (χ3n) is 3.69. The van der Waals surface area contributed by atoms with E-state index >= 15 is 0 Å². The van der Waals surface area contributed by atoms with E-state index in [0.717, 1.165) is 37.5 Å². The standard InChI is InChI=1S/C16H27ClN4O/c1-4-16(3,12-22)11-21-15(18-5-2)19-9-8-13-6-7-14(17)20-10-13/h6-7,10,22H,4-5,8-9,11-12H2,1-3H3,(H2,18,19,21). The van der Waals surface area contributed by atoms with Gasteiger partial charge in [0.25, 0.3) is 0 Å². The predicted octanol–water partition coefficient (Wildman–Crippen LogP) is 2.24. The third-order valence-corrected chi connectivity index (χ3v) is 3.92. The van der Waals surface area contributed by atoms with Crippen molar-refractivity contribution in [2.45, 2.75) is 33.6 Å². The fourth-order valence-corrected chi connectivity index (χ4v) is 1.88. The fourth-order valence-electron chi connectivity index (χ4n) is 1.76. The molecular formula is C16H27ClN4O. The van der Waals surface area contributed by atoms with E-state index in [0.29, 0.717) is 11.7 Å². The summed E-state index contributed by atoms with van der Waals surface area (Å²) in [7, 11) is 0. The molecule has 3 N–H and O–H groups in total. The van der Waals surface area contributed by atoms with Crippen LogP contribution < -0.4 is 10.6 Å². The molecule has 0 aliphatic carbocycles. The van der Waals surface area contributed by atoms with Crippen molar-refractivity contribution >= 4 is 17.6 Å². The average molecular weight is 327 g/mol. The minimum atomic E-state index is -0.164. The van der Waals surface area contributed by atoms with Gasteiger partial charge in [-0.1, -0.05) is 31.5 Å². The number of nitrogens with one attached hydrogen (secondary N) is 2. The molecule has 5 nitrogen and oxygen atoms in total. The van der Waals surface area contributed by atoms with Crippen LogP contribution >= 0.6 is 11.6 Å². The van der Waals surface area contributed by atoms with E-state index in [1.165, 1.54) is 0 Å². The van der Waals surface area contributed by atoms with Gasteiger partial charge in [0.05, 0.1) is 13.2 Å². The molecule has 124 valence electrons. The number of nitrogens with zero attached hydrogens (tertiary/aromatic N) is 2. The van der Waals surface area contributed by atoms with Crippen molar-refractivity contribution in [2.75, 3.05) is 26.2 Å². The maximum Gasteiger partial charge on any atom is 0.191 e. The number of hydrogen-bond acceptors (Lipinski definition) is 3. The summed E-state index contributed by atoms with van der Waals surface area (Å²) < 4.78 is 0. The number of aliphatic imine (C=N–C) groups is 1. The normalized spacial score (nSPS) is 14.5. The van der Waals surface area contributed by atoms with Crippen LogP contribution in [0.15, 0.2) is 23.3 Å². The summed E-state index contributed by atoms with van der Waals surface area (Å²) in [5.41, 5.74) is 0.962. The number of pyridine rings is 1. The highest BCUT2D eigenvalue weighted by Gasteiger charge is 2.20. The Hall–Kier alpha value is -1.33. The van der Waals surface area contributed by atoms with Crippen LogP contribution in [0.1, 0.15) is 32.8 Å². The molecule has 1 aromatic rings. The molecule has 1 unspecified atom stereocenters. The van der Waals surface area contributed by atoms with Crippen molar-refractivity contribution < 1.29 is 5.11 Å². The summed E-state index contributed by atoms with van der Waals surface area (Å²) in [6.45, 7) is 8.44. The molecular weight excluding hydrogens is 300 g/mol. The fraction of sp³-hybridized carbons (Fsp3) is 0.625. The first-order valence-electron chi connectivity index (χ1n) is 7.76. The molecule has 0 fully saturated rings. The molecule has 1 aromatic heterocycles. The minimum Gasteiger partial charge on any atom is -0.396 e. The van der Waals surface area contributed by atoms with E-state index in [1.54, 1.807) is 12.3 Å². The summed E-state index contributed by atoms with van der Waals surface area (Å²) in [5, 5.41) is 16.5. The van der Waals surface area contributed by atoms with E-state index < -0.39 is 0 Å². The smallest absolute Gasteiger partial charge is 0.191 e. The Morgan fingerprint density at radius 1 is 1.36 bits per heavy atom. The number of rotatable bonds is 8. The van der Waals surface area contributed by atoms with Crippen molar-refractivity contribution in [3.8, 4) is 0 Å². The van der Waals surface area contributed by atoms with E-state index in [2.05, 4.69) is 27.5 Å². The molecule has 1 atom stereocenters. The van der Waals surface area contributed by atoms with Gasteiger partial charge in [0, 0.05) is 24.7 Å². The highest BCUT2D eigenvalue weighted by molar-refractivity contribution is 6.29. The molecule has 0 bridgehead atoms. The monoisotopic (exact) mass is 326 g/mol. The molecule has 0 spiro atoms. The van der Waals surface area contributed by atoms with Crippen LogP contribution in [0.25, 0.3) is 0 Å². The second-order valence-electron chi connectivity index (χ2n) is 5.68. The lowest BCUT2D eigenvalue weighted by Gasteiger charge is -2.23. The average Bonchev–Trinajstić information content (AvgIpc) is 2.54. The molecule has 0 saturated carbocycles. The van der Waals surface area contributed by atoms with E-state index in [9.17, 15) is 5.11 Å². The number of hydrogen-bond donors (Lipinski definition) is 3. The lowest BCUT2D eigenvalue weighted by Crippen LogP contribution is -2.39. The molecule has 1 heterocycles. The van der Waals surface area contributed by atoms with Crippen molar-refractivity contribution in [2.24, 2.45) is 10.4 Å². The Labute approximate surface area is 138 Å². The quantitative estimate of drug-likeness (QED) is 0.389. The SMILES string of the molecule is CCNC(=NCC(C)(CC)CO)NCCc1ccc(Cl)nc1.